The van der Waals surface area contributed by atoms with Crippen LogP contribution >= 0.6 is 0 Å². The Labute approximate surface area is 67.0 Å². The first-order valence-electron chi connectivity index (χ1n) is 3.29. The first-order valence-corrected chi connectivity index (χ1v) is 3.29. The summed E-state index contributed by atoms with van der Waals surface area (Å²) in [7, 11) is 0. The number of nitrogens with two attached hydrogens (primary N) is 1. The van der Waals surface area contributed by atoms with E-state index >= 15 is 0 Å². The number of rotatable bonds is 3. The van der Waals surface area contributed by atoms with E-state index < -0.39 is 0 Å². The molecule has 3 nitrogen and oxygen atoms in total. The SMILES string of the molecule is C=N/C=C\C(N)=C(/C)N=CC. The van der Waals surface area contributed by atoms with Crippen LogP contribution in [0.15, 0.2) is 33.7 Å². The average Bonchev–Trinajstić information content (AvgIpc) is 2.00. The van der Waals surface area contributed by atoms with E-state index in [2.05, 4.69) is 16.7 Å². The largest absolute Gasteiger partial charge is 0.397 e. The van der Waals surface area contributed by atoms with Gasteiger partial charge in [0.25, 0.3) is 0 Å². The third-order valence-corrected chi connectivity index (χ3v) is 1.10. The first-order chi connectivity index (χ1) is 5.22. The number of aliphatic imine (C=N–C) groups is 2. The molecule has 0 atom stereocenters. The lowest BCUT2D eigenvalue weighted by Gasteiger charge is -1.94. The van der Waals surface area contributed by atoms with Gasteiger partial charge in [-0.1, -0.05) is 0 Å². The van der Waals surface area contributed by atoms with Crippen molar-refractivity contribution in [2.24, 2.45) is 15.7 Å². The van der Waals surface area contributed by atoms with E-state index in [1.165, 1.54) is 6.20 Å². The Morgan fingerprint density at radius 3 is 2.64 bits per heavy atom. The Bertz CT molecular complexity index is 211. The molecule has 0 bridgehead atoms. The second-order valence-corrected chi connectivity index (χ2v) is 1.93. The zero-order valence-electron chi connectivity index (χ0n) is 6.91. The summed E-state index contributed by atoms with van der Waals surface area (Å²) < 4.78 is 0. The average molecular weight is 151 g/mol. The zero-order chi connectivity index (χ0) is 8.69. The van der Waals surface area contributed by atoms with Crippen LogP contribution in [-0.2, 0) is 0 Å². The van der Waals surface area contributed by atoms with E-state index in [0.717, 1.165) is 5.70 Å². The van der Waals surface area contributed by atoms with Crippen LogP contribution in [0.4, 0.5) is 0 Å². The predicted octanol–water partition coefficient (Wildman–Crippen LogP) is 1.48. The molecule has 0 aromatic rings. The molecule has 0 amide bonds. The maximum absolute atomic E-state index is 5.58. The Morgan fingerprint density at radius 1 is 1.55 bits per heavy atom. The second-order valence-electron chi connectivity index (χ2n) is 1.93. The summed E-state index contributed by atoms with van der Waals surface area (Å²) in [5, 5.41) is 0. The van der Waals surface area contributed by atoms with Crippen molar-refractivity contribution in [2.45, 2.75) is 13.8 Å². The van der Waals surface area contributed by atoms with Gasteiger partial charge >= 0.3 is 0 Å². The van der Waals surface area contributed by atoms with Gasteiger partial charge in [0.2, 0.25) is 0 Å². The summed E-state index contributed by atoms with van der Waals surface area (Å²) in [6.45, 7) is 6.96. The van der Waals surface area contributed by atoms with Crippen LogP contribution in [0.3, 0.4) is 0 Å². The second kappa shape index (κ2) is 5.41. The lowest BCUT2D eigenvalue weighted by Crippen LogP contribution is -1.95. The van der Waals surface area contributed by atoms with E-state index in [4.69, 9.17) is 5.73 Å². The highest BCUT2D eigenvalue weighted by Gasteiger charge is 1.87. The molecule has 0 aromatic heterocycles. The van der Waals surface area contributed by atoms with Crippen molar-refractivity contribution in [1.29, 1.82) is 0 Å². The molecule has 0 unspecified atom stereocenters. The molecule has 0 aliphatic rings. The van der Waals surface area contributed by atoms with Crippen LogP contribution in [0.5, 0.6) is 0 Å². The fourth-order valence-corrected chi connectivity index (χ4v) is 0.522. The van der Waals surface area contributed by atoms with Crippen LogP contribution in [0, 0.1) is 0 Å². The Hall–Kier alpha value is -1.38. The standard InChI is InChI=1S/C8H13N3/c1-4-11-7(2)8(9)5-6-10-3/h4-6H,3,9H2,1-2H3/b6-5-,8-7-,11-4?. The molecule has 0 radical (unpaired) electrons. The molecule has 60 valence electrons. The van der Waals surface area contributed by atoms with Gasteiger partial charge in [-0.3, -0.25) is 9.98 Å². The van der Waals surface area contributed by atoms with Crippen LogP contribution in [0.2, 0.25) is 0 Å². The molecule has 0 saturated heterocycles. The molecule has 0 rings (SSSR count). The smallest absolute Gasteiger partial charge is 0.0598 e. The normalized spacial score (nSPS) is 14.0. The third-order valence-electron chi connectivity index (χ3n) is 1.10. The van der Waals surface area contributed by atoms with E-state index in [1.807, 2.05) is 13.8 Å². The van der Waals surface area contributed by atoms with Crippen molar-refractivity contribution in [1.82, 2.24) is 0 Å². The monoisotopic (exact) mass is 151 g/mol. The van der Waals surface area contributed by atoms with Gasteiger partial charge in [0.1, 0.15) is 0 Å². The Morgan fingerprint density at radius 2 is 2.18 bits per heavy atom. The van der Waals surface area contributed by atoms with Crippen LogP contribution < -0.4 is 5.73 Å². The number of hydrogen-bond acceptors (Lipinski definition) is 3. The lowest BCUT2D eigenvalue weighted by atomic mass is 10.3. The molecule has 0 spiro atoms. The van der Waals surface area contributed by atoms with Gasteiger partial charge < -0.3 is 5.73 Å². The van der Waals surface area contributed by atoms with Crippen molar-refractivity contribution in [3.63, 3.8) is 0 Å². The lowest BCUT2D eigenvalue weighted by molar-refractivity contribution is 1.21. The summed E-state index contributed by atoms with van der Waals surface area (Å²) in [5.41, 5.74) is 6.97. The van der Waals surface area contributed by atoms with Gasteiger partial charge in [-0.25, -0.2) is 0 Å². The van der Waals surface area contributed by atoms with Gasteiger partial charge in [-0.05, 0) is 26.6 Å². The molecule has 0 aliphatic heterocycles. The van der Waals surface area contributed by atoms with E-state index in [1.54, 1.807) is 12.3 Å². The minimum absolute atomic E-state index is 0.607. The van der Waals surface area contributed by atoms with Crippen molar-refractivity contribution in [3.8, 4) is 0 Å². The van der Waals surface area contributed by atoms with Gasteiger partial charge in [0.15, 0.2) is 0 Å². The maximum atomic E-state index is 5.58. The minimum Gasteiger partial charge on any atom is -0.397 e. The molecule has 2 N–H and O–H groups in total. The number of nitrogens with zero attached hydrogens (tertiary/aromatic N) is 2. The fraction of sp³-hybridized carbons (Fsp3) is 0.250. The van der Waals surface area contributed by atoms with Crippen molar-refractivity contribution in [2.75, 3.05) is 0 Å². The fourth-order valence-electron chi connectivity index (χ4n) is 0.522. The van der Waals surface area contributed by atoms with Gasteiger partial charge in [-0.2, -0.15) is 0 Å². The number of allylic oxidation sites excluding steroid dienone is 2. The summed E-state index contributed by atoms with van der Waals surface area (Å²) in [4.78, 5) is 7.52. The van der Waals surface area contributed by atoms with Crippen LogP contribution in [-0.4, -0.2) is 12.9 Å². The molecule has 0 saturated carbocycles. The minimum atomic E-state index is 0.607. The molecular formula is C8H13N3. The highest BCUT2D eigenvalue weighted by molar-refractivity contribution is 5.55. The highest BCUT2D eigenvalue weighted by Crippen LogP contribution is 1.99. The van der Waals surface area contributed by atoms with Crippen LogP contribution in [0.25, 0.3) is 0 Å². The topological polar surface area (TPSA) is 50.7 Å². The summed E-state index contributed by atoms with van der Waals surface area (Å²) in [6, 6.07) is 0. The number of hydrogen-bond donors (Lipinski definition) is 1. The van der Waals surface area contributed by atoms with Gasteiger partial charge in [0.05, 0.1) is 11.4 Å². The molecule has 0 fully saturated rings. The van der Waals surface area contributed by atoms with Gasteiger partial charge in [-0.15, -0.1) is 0 Å². The first kappa shape index (κ1) is 9.62. The Kier molecular flexibility index (Phi) is 4.73. The summed E-state index contributed by atoms with van der Waals surface area (Å²) in [5.74, 6) is 0. The molecule has 0 aromatic carbocycles. The maximum Gasteiger partial charge on any atom is 0.0598 e. The summed E-state index contributed by atoms with van der Waals surface area (Å²) in [6.07, 6.45) is 4.89. The highest BCUT2D eigenvalue weighted by atomic mass is 14.8. The Balaban J connectivity index is 4.38. The zero-order valence-corrected chi connectivity index (χ0v) is 6.91. The molecule has 0 aliphatic carbocycles. The summed E-state index contributed by atoms with van der Waals surface area (Å²) >= 11 is 0. The van der Waals surface area contributed by atoms with Crippen molar-refractivity contribution < 1.29 is 0 Å². The van der Waals surface area contributed by atoms with E-state index in [0.29, 0.717) is 5.70 Å². The van der Waals surface area contributed by atoms with Crippen molar-refractivity contribution in [3.05, 3.63) is 23.7 Å². The molecule has 0 heterocycles. The van der Waals surface area contributed by atoms with E-state index in [9.17, 15) is 0 Å². The quantitative estimate of drug-likeness (QED) is 0.482. The van der Waals surface area contributed by atoms with E-state index in [-0.39, 0.29) is 0 Å². The van der Waals surface area contributed by atoms with Crippen LogP contribution in [0.1, 0.15) is 13.8 Å². The predicted molar refractivity (Wildman–Crippen MR) is 49.7 cm³/mol. The van der Waals surface area contributed by atoms with Crippen molar-refractivity contribution >= 4 is 12.9 Å². The molecule has 11 heavy (non-hydrogen) atoms. The molecule has 3 heteroatoms. The van der Waals surface area contributed by atoms with Gasteiger partial charge in [0, 0.05) is 12.4 Å². The third kappa shape index (κ3) is 4.08. The molecular weight excluding hydrogens is 138 g/mol.